The number of rotatable bonds is 7. The lowest BCUT2D eigenvalue weighted by molar-refractivity contribution is -0.124. The largest absolute Gasteiger partial charge is 0.484 e. The van der Waals surface area contributed by atoms with Gasteiger partial charge in [-0.3, -0.25) is 14.5 Å². The smallest absolute Gasteiger partial charge is 0.261 e. The molecule has 1 amide bonds. The Balaban J connectivity index is 1.99. The molecule has 3 N–H and O–H groups in total. The summed E-state index contributed by atoms with van der Waals surface area (Å²) in [6, 6.07) is 13.2. The van der Waals surface area contributed by atoms with Crippen LogP contribution in [-0.2, 0) is 14.8 Å². The highest BCUT2D eigenvalue weighted by atomic mass is 32.2. The summed E-state index contributed by atoms with van der Waals surface area (Å²) in [5.74, 6) is -0.214. The third-order valence-electron chi connectivity index (χ3n) is 4.13. The first-order valence-corrected chi connectivity index (χ1v) is 10.3. The Morgan fingerprint density at radius 3 is 2.52 bits per heavy atom. The minimum absolute atomic E-state index is 0.123. The summed E-state index contributed by atoms with van der Waals surface area (Å²) in [6.07, 6.45) is 0. The van der Waals surface area contributed by atoms with Crippen LogP contribution >= 0.6 is 0 Å². The molecule has 9 heteroatoms. The Morgan fingerprint density at radius 1 is 1.10 bits per heavy atom. The normalized spacial score (nSPS) is 11.3. The Hall–Kier alpha value is -3.17. The van der Waals surface area contributed by atoms with Crippen molar-refractivity contribution in [2.75, 3.05) is 18.1 Å². The van der Waals surface area contributed by atoms with Crippen molar-refractivity contribution in [3.63, 3.8) is 0 Å². The molecular formula is C20H21N3O5S. The van der Waals surface area contributed by atoms with Gasteiger partial charge < -0.3 is 15.2 Å². The average Bonchev–Trinajstić information content (AvgIpc) is 2.67. The van der Waals surface area contributed by atoms with Crippen LogP contribution in [0.1, 0.15) is 11.3 Å². The topological polar surface area (TPSA) is 118 Å². The van der Waals surface area contributed by atoms with Crippen LogP contribution in [0.5, 0.6) is 5.75 Å². The van der Waals surface area contributed by atoms with Gasteiger partial charge in [-0.2, -0.15) is 0 Å². The number of sulfonamides is 1. The molecule has 0 radical (unpaired) electrons. The van der Waals surface area contributed by atoms with Crippen molar-refractivity contribution < 1.29 is 23.1 Å². The monoisotopic (exact) mass is 415 g/mol. The van der Waals surface area contributed by atoms with Gasteiger partial charge in [0.05, 0.1) is 16.1 Å². The molecule has 8 nitrogen and oxygen atoms in total. The van der Waals surface area contributed by atoms with E-state index < -0.39 is 22.7 Å². The zero-order valence-corrected chi connectivity index (χ0v) is 16.8. The van der Waals surface area contributed by atoms with Gasteiger partial charge in [0.1, 0.15) is 12.5 Å². The molecule has 0 spiro atoms. The molecule has 1 aromatic heterocycles. The van der Waals surface area contributed by atoms with Crippen molar-refractivity contribution in [3.05, 3.63) is 59.8 Å². The van der Waals surface area contributed by atoms with Crippen LogP contribution in [0.25, 0.3) is 10.9 Å². The molecule has 0 saturated carbocycles. The summed E-state index contributed by atoms with van der Waals surface area (Å²) in [5, 5.41) is 11.6. The van der Waals surface area contributed by atoms with Crippen molar-refractivity contribution in [2.24, 2.45) is 0 Å². The first-order valence-electron chi connectivity index (χ1n) is 8.80. The van der Waals surface area contributed by atoms with E-state index in [1.165, 1.54) is 18.2 Å². The van der Waals surface area contributed by atoms with Gasteiger partial charge in [0, 0.05) is 17.1 Å². The second-order valence-corrected chi connectivity index (χ2v) is 8.14. The van der Waals surface area contributed by atoms with Crippen LogP contribution in [-0.4, -0.2) is 37.8 Å². The number of pyridine rings is 1. The molecule has 0 aliphatic rings. The van der Waals surface area contributed by atoms with Crippen LogP contribution in [0.2, 0.25) is 0 Å². The Kier molecular flexibility index (Phi) is 6.00. The molecule has 0 aliphatic heterocycles. The number of anilines is 1. The second-order valence-electron chi connectivity index (χ2n) is 6.46. The van der Waals surface area contributed by atoms with Gasteiger partial charge in [-0.1, -0.05) is 23.8 Å². The number of aromatic nitrogens is 1. The average molecular weight is 415 g/mol. The van der Waals surface area contributed by atoms with Gasteiger partial charge in [0.15, 0.2) is 6.61 Å². The number of ether oxygens (including phenoxy) is 1. The molecule has 0 bridgehead atoms. The lowest BCUT2D eigenvalue weighted by atomic mass is 10.1. The number of carbonyl (C=O) groups excluding carboxylic acids is 1. The predicted molar refractivity (Wildman–Crippen MR) is 109 cm³/mol. The van der Waals surface area contributed by atoms with Gasteiger partial charge in [-0.15, -0.1) is 0 Å². The molecule has 2 aromatic carbocycles. The number of benzene rings is 2. The van der Waals surface area contributed by atoms with Gasteiger partial charge in [-0.05, 0) is 38.1 Å². The molecule has 152 valence electrons. The van der Waals surface area contributed by atoms with Crippen molar-refractivity contribution in [3.8, 4) is 5.75 Å². The molecule has 0 unspecified atom stereocenters. The fraction of sp³-hybridized carbons (Fsp3) is 0.200. The summed E-state index contributed by atoms with van der Waals surface area (Å²) in [4.78, 5) is 16.1. The van der Waals surface area contributed by atoms with E-state index in [1.807, 2.05) is 6.92 Å². The van der Waals surface area contributed by atoms with E-state index >= 15 is 0 Å². The highest BCUT2D eigenvalue weighted by Gasteiger charge is 2.17. The Labute approximate surface area is 168 Å². The molecule has 29 heavy (non-hydrogen) atoms. The van der Waals surface area contributed by atoms with E-state index in [-0.39, 0.29) is 22.9 Å². The minimum atomic E-state index is -3.85. The summed E-state index contributed by atoms with van der Waals surface area (Å²) in [6.45, 7) is 2.86. The minimum Gasteiger partial charge on any atom is -0.484 e. The molecule has 0 atom stereocenters. The number of nitrogens with one attached hydrogen (secondary N) is 2. The van der Waals surface area contributed by atoms with E-state index in [4.69, 9.17) is 9.84 Å². The van der Waals surface area contributed by atoms with Gasteiger partial charge >= 0.3 is 0 Å². The predicted octanol–water partition coefficient (Wildman–Crippen LogP) is 2.10. The summed E-state index contributed by atoms with van der Waals surface area (Å²) in [5.41, 5.74) is 2.38. The highest BCUT2D eigenvalue weighted by Crippen LogP contribution is 2.30. The molecule has 3 aromatic rings. The number of aryl methyl sites for hydroxylation is 2. The number of fused-ring (bicyclic) bond motifs is 1. The maximum atomic E-state index is 12.8. The van der Waals surface area contributed by atoms with E-state index in [2.05, 4.69) is 15.0 Å². The van der Waals surface area contributed by atoms with E-state index in [0.717, 1.165) is 11.3 Å². The summed E-state index contributed by atoms with van der Waals surface area (Å²) < 4.78 is 33.7. The number of hydrogen-bond donors (Lipinski definition) is 3. The van der Waals surface area contributed by atoms with Gasteiger partial charge in [0.2, 0.25) is 0 Å². The number of aliphatic hydroxyl groups is 1. The fourth-order valence-electron chi connectivity index (χ4n) is 2.68. The molecule has 0 saturated heterocycles. The SMILES string of the molecule is Cc1ccc(S(=O)(=O)Nc2cc(OCC(=O)NCO)cc3ccc(C)nc23)cc1. The maximum absolute atomic E-state index is 12.8. The zero-order chi connectivity index (χ0) is 21.0. The Morgan fingerprint density at radius 2 is 1.83 bits per heavy atom. The molecule has 0 aliphatic carbocycles. The number of nitrogens with zero attached hydrogens (tertiary/aromatic N) is 1. The van der Waals surface area contributed by atoms with Crippen molar-refractivity contribution >= 4 is 32.5 Å². The van der Waals surface area contributed by atoms with E-state index in [9.17, 15) is 13.2 Å². The Bertz CT molecular complexity index is 1140. The maximum Gasteiger partial charge on any atom is 0.261 e. The van der Waals surface area contributed by atoms with Crippen LogP contribution in [0.4, 0.5) is 5.69 Å². The summed E-state index contributed by atoms with van der Waals surface area (Å²) in [7, 11) is -3.85. The number of aliphatic hydroxyl groups excluding tert-OH is 1. The van der Waals surface area contributed by atoms with Crippen molar-refractivity contribution in [1.29, 1.82) is 0 Å². The lowest BCUT2D eigenvalue weighted by Crippen LogP contribution is -2.29. The van der Waals surface area contributed by atoms with E-state index in [1.54, 1.807) is 37.3 Å². The van der Waals surface area contributed by atoms with Crippen molar-refractivity contribution in [2.45, 2.75) is 18.7 Å². The third kappa shape index (κ3) is 5.01. The highest BCUT2D eigenvalue weighted by molar-refractivity contribution is 7.92. The fourth-order valence-corrected chi connectivity index (χ4v) is 3.73. The standard InChI is InChI=1S/C20H21N3O5S/c1-13-3-7-17(8-4-13)29(26,27)23-18-10-16(28-11-19(25)21-12-24)9-15-6-5-14(2)22-20(15)18/h3-10,23-24H,11-12H2,1-2H3,(H,21,25). The first kappa shape index (κ1) is 20.6. The number of carbonyl (C=O) groups is 1. The van der Waals surface area contributed by atoms with Crippen LogP contribution in [0.15, 0.2) is 53.4 Å². The number of amides is 1. The second kappa shape index (κ2) is 8.46. The molecule has 0 fully saturated rings. The van der Waals surface area contributed by atoms with Crippen LogP contribution < -0.4 is 14.8 Å². The molecule has 3 rings (SSSR count). The third-order valence-corrected chi connectivity index (χ3v) is 5.51. The van der Waals surface area contributed by atoms with Gasteiger partial charge in [-0.25, -0.2) is 8.42 Å². The van der Waals surface area contributed by atoms with E-state index in [0.29, 0.717) is 10.9 Å². The zero-order valence-electron chi connectivity index (χ0n) is 16.0. The molecular weight excluding hydrogens is 394 g/mol. The molecule has 1 heterocycles. The first-order chi connectivity index (χ1) is 13.8. The van der Waals surface area contributed by atoms with Gasteiger partial charge in [0.25, 0.3) is 15.9 Å². The van der Waals surface area contributed by atoms with Crippen LogP contribution in [0, 0.1) is 13.8 Å². The lowest BCUT2D eigenvalue weighted by Gasteiger charge is -2.14. The van der Waals surface area contributed by atoms with Crippen LogP contribution in [0.3, 0.4) is 0 Å². The summed E-state index contributed by atoms with van der Waals surface area (Å²) >= 11 is 0. The quantitative estimate of drug-likeness (QED) is 0.509. The van der Waals surface area contributed by atoms with Crippen molar-refractivity contribution in [1.82, 2.24) is 10.3 Å². The number of hydrogen-bond acceptors (Lipinski definition) is 6.